The molecule has 1 aromatic carbocycles. The Balaban J connectivity index is 2.70. The number of aromatic nitrogens is 1. The normalized spacial score (nSPS) is 10.3. The molecule has 98 valence electrons. The first kappa shape index (κ1) is 14.1. The summed E-state index contributed by atoms with van der Waals surface area (Å²) in [6, 6.07) is 6.31. The van der Waals surface area contributed by atoms with E-state index in [1.165, 1.54) is 7.11 Å². The zero-order chi connectivity index (χ0) is 14.0. The van der Waals surface area contributed by atoms with Gasteiger partial charge in [0.1, 0.15) is 0 Å². The van der Waals surface area contributed by atoms with Crippen LogP contribution in [0.15, 0.2) is 30.5 Å². The first-order chi connectivity index (χ1) is 9.04. The van der Waals surface area contributed by atoms with Gasteiger partial charge in [-0.2, -0.15) is 0 Å². The fraction of sp³-hybridized carbons (Fsp3) is 0.0769. The lowest BCUT2D eigenvalue weighted by atomic mass is 10.1. The Hall–Kier alpha value is -1.29. The molecule has 19 heavy (non-hydrogen) atoms. The minimum absolute atomic E-state index is 0.288. The van der Waals surface area contributed by atoms with E-state index in [4.69, 9.17) is 39.5 Å². The van der Waals surface area contributed by atoms with Crippen molar-refractivity contribution in [2.75, 3.05) is 7.11 Å². The van der Waals surface area contributed by atoms with E-state index in [9.17, 15) is 4.79 Å². The van der Waals surface area contributed by atoms with Crippen molar-refractivity contribution in [2.24, 2.45) is 0 Å². The molecule has 2 aromatic rings. The summed E-state index contributed by atoms with van der Waals surface area (Å²) >= 11 is 18.1. The molecule has 0 aliphatic rings. The summed E-state index contributed by atoms with van der Waals surface area (Å²) in [4.78, 5) is 15.9. The molecule has 0 radical (unpaired) electrons. The summed E-state index contributed by atoms with van der Waals surface area (Å²) in [5.74, 6) is -0.509. The molecule has 1 heterocycles. The lowest BCUT2D eigenvalue weighted by Gasteiger charge is -2.10. The molecule has 0 atom stereocenters. The minimum atomic E-state index is -0.509. The summed E-state index contributed by atoms with van der Waals surface area (Å²) in [5, 5.41) is 1.05. The van der Waals surface area contributed by atoms with Gasteiger partial charge in [-0.05, 0) is 24.3 Å². The molecular formula is C13H8Cl3NO2. The molecule has 6 heteroatoms. The van der Waals surface area contributed by atoms with Crippen LogP contribution < -0.4 is 0 Å². The van der Waals surface area contributed by atoms with Crippen molar-refractivity contribution >= 4 is 40.8 Å². The first-order valence-corrected chi connectivity index (χ1v) is 6.36. The Bertz CT molecular complexity index is 621. The highest BCUT2D eigenvalue weighted by molar-refractivity contribution is 6.41. The minimum Gasteiger partial charge on any atom is -0.465 e. The van der Waals surface area contributed by atoms with Gasteiger partial charge in [0, 0.05) is 16.8 Å². The van der Waals surface area contributed by atoms with Gasteiger partial charge in [-0.1, -0.05) is 34.8 Å². The molecule has 0 spiro atoms. The average molecular weight is 317 g/mol. The predicted molar refractivity (Wildman–Crippen MR) is 76.0 cm³/mol. The molecule has 0 unspecified atom stereocenters. The molecule has 0 saturated carbocycles. The van der Waals surface area contributed by atoms with Gasteiger partial charge in [0.15, 0.2) is 0 Å². The molecule has 1 aromatic heterocycles. The standard InChI is InChI=1S/C13H8Cl3NO2/c1-19-13(18)8-3-2-4-17-12(8)11-9(15)5-7(14)6-10(11)16/h2-6H,1H3. The number of nitrogens with zero attached hydrogens (tertiary/aromatic N) is 1. The monoisotopic (exact) mass is 315 g/mol. The smallest absolute Gasteiger partial charge is 0.340 e. The van der Waals surface area contributed by atoms with Crippen LogP contribution in [0.4, 0.5) is 0 Å². The number of ether oxygens (including phenoxy) is 1. The lowest BCUT2D eigenvalue weighted by molar-refractivity contribution is 0.0601. The molecule has 0 amide bonds. The number of carbonyl (C=O) groups excluding carboxylic acids is 1. The molecule has 0 N–H and O–H groups in total. The second kappa shape index (κ2) is 5.78. The highest BCUT2D eigenvalue weighted by Gasteiger charge is 2.19. The van der Waals surface area contributed by atoms with Crippen LogP contribution in [0.2, 0.25) is 15.1 Å². The van der Waals surface area contributed by atoms with Crippen LogP contribution in [0.3, 0.4) is 0 Å². The van der Waals surface area contributed by atoms with Crippen molar-refractivity contribution in [1.29, 1.82) is 0 Å². The number of esters is 1. The van der Waals surface area contributed by atoms with E-state index >= 15 is 0 Å². The molecule has 0 aliphatic heterocycles. The van der Waals surface area contributed by atoms with Gasteiger partial charge in [-0.25, -0.2) is 4.79 Å². The van der Waals surface area contributed by atoms with Crippen LogP contribution >= 0.6 is 34.8 Å². The van der Waals surface area contributed by atoms with Crippen LogP contribution in [0.25, 0.3) is 11.3 Å². The number of rotatable bonds is 2. The number of hydrogen-bond donors (Lipinski definition) is 0. The Morgan fingerprint density at radius 3 is 2.42 bits per heavy atom. The van der Waals surface area contributed by atoms with Crippen molar-refractivity contribution in [3.63, 3.8) is 0 Å². The number of pyridine rings is 1. The maximum Gasteiger partial charge on any atom is 0.340 e. The molecular weight excluding hydrogens is 309 g/mol. The van der Waals surface area contributed by atoms with Crippen LogP contribution in [0.5, 0.6) is 0 Å². The van der Waals surface area contributed by atoms with Crippen molar-refractivity contribution in [3.05, 3.63) is 51.1 Å². The summed E-state index contributed by atoms with van der Waals surface area (Å²) < 4.78 is 4.71. The van der Waals surface area contributed by atoms with Crippen molar-refractivity contribution in [1.82, 2.24) is 4.98 Å². The second-order valence-corrected chi connectivity index (χ2v) is 4.89. The molecule has 0 bridgehead atoms. The fourth-order valence-corrected chi connectivity index (χ4v) is 2.64. The topological polar surface area (TPSA) is 39.2 Å². The third kappa shape index (κ3) is 2.84. The molecule has 0 saturated heterocycles. The molecule has 0 aliphatic carbocycles. The number of carbonyl (C=O) groups is 1. The van der Waals surface area contributed by atoms with E-state index < -0.39 is 5.97 Å². The van der Waals surface area contributed by atoms with Crippen molar-refractivity contribution in [3.8, 4) is 11.3 Å². The van der Waals surface area contributed by atoms with Crippen LogP contribution in [0, 0.1) is 0 Å². The van der Waals surface area contributed by atoms with Gasteiger partial charge >= 0.3 is 5.97 Å². The summed E-state index contributed by atoms with van der Waals surface area (Å²) in [7, 11) is 1.30. The van der Waals surface area contributed by atoms with E-state index in [0.717, 1.165) is 0 Å². The van der Waals surface area contributed by atoms with Gasteiger partial charge in [0.05, 0.1) is 28.4 Å². The van der Waals surface area contributed by atoms with E-state index in [1.54, 1.807) is 30.5 Å². The van der Waals surface area contributed by atoms with Gasteiger partial charge in [0.2, 0.25) is 0 Å². The number of benzene rings is 1. The van der Waals surface area contributed by atoms with Crippen LogP contribution in [-0.2, 0) is 4.74 Å². The average Bonchev–Trinajstić information content (AvgIpc) is 2.37. The zero-order valence-electron chi connectivity index (χ0n) is 9.78. The largest absolute Gasteiger partial charge is 0.465 e. The van der Waals surface area contributed by atoms with E-state index in [-0.39, 0.29) is 5.56 Å². The fourth-order valence-electron chi connectivity index (χ4n) is 1.65. The third-order valence-electron chi connectivity index (χ3n) is 2.46. The van der Waals surface area contributed by atoms with Gasteiger partial charge in [-0.15, -0.1) is 0 Å². The molecule has 2 rings (SSSR count). The third-order valence-corrected chi connectivity index (χ3v) is 3.27. The van der Waals surface area contributed by atoms with Gasteiger partial charge in [-0.3, -0.25) is 4.98 Å². The summed E-state index contributed by atoms with van der Waals surface area (Å²) in [5.41, 5.74) is 1.10. The molecule has 0 fully saturated rings. The summed E-state index contributed by atoms with van der Waals surface area (Å²) in [6.07, 6.45) is 1.54. The Kier molecular flexibility index (Phi) is 4.30. The van der Waals surface area contributed by atoms with E-state index in [1.807, 2.05) is 0 Å². The Morgan fingerprint density at radius 2 is 1.84 bits per heavy atom. The Labute approximate surface area is 125 Å². The van der Waals surface area contributed by atoms with Crippen LogP contribution in [-0.4, -0.2) is 18.1 Å². The SMILES string of the molecule is COC(=O)c1cccnc1-c1c(Cl)cc(Cl)cc1Cl. The maximum absolute atomic E-state index is 11.7. The van der Waals surface area contributed by atoms with Crippen LogP contribution in [0.1, 0.15) is 10.4 Å². The van der Waals surface area contributed by atoms with Gasteiger partial charge in [0.25, 0.3) is 0 Å². The van der Waals surface area contributed by atoms with Crippen molar-refractivity contribution in [2.45, 2.75) is 0 Å². The molecule has 3 nitrogen and oxygen atoms in total. The van der Waals surface area contributed by atoms with E-state index in [2.05, 4.69) is 4.98 Å². The maximum atomic E-state index is 11.7. The predicted octanol–water partition coefficient (Wildman–Crippen LogP) is 4.50. The number of hydrogen-bond acceptors (Lipinski definition) is 3. The van der Waals surface area contributed by atoms with E-state index in [0.29, 0.717) is 26.3 Å². The summed E-state index contributed by atoms with van der Waals surface area (Å²) in [6.45, 7) is 0. The second-order valence-electron chi connectivity index (χ2n) is 3.64. The highest BCUT2D eigenvalue weighted by atomic mass is 35.5. The Morgan fingerprint density at radius 1 is 1.21 bits per heavy atom. The van der Waals surface area contributed by atoms with Gasteiger partial charge < -0.3 is 4.74 Å². The highest BCUT2D eigenvalue weighted by Crippen LogP contribution is 2.37. The zero-order valence-corrected chi connectivity index (χ0v) is 12.1. The number of halogens is 3. The van der Waals surface area contributed by atoms with Crippen molar-refractivity contribution < 1.29 is 9.53 Å². The quantitative estimate of drug-likeness (QED) is 0.766. The first-order valence-electron chi connectivity index (χ1n) is 5.23. The number of methoxy groups -OCH3 is 1. The lowest BCUT2D eigenvalue weighted by Crippen LogP contribution is -2.05.